The summed E-state index contributed by atoms with van der Waals surface area (Å²) in [6.45, 7) is 0.901. The maximum atomic E-state index is 12.7. The van der Waals surface area contributed by atoms with Gasteiger partial charge in [-0.05, 0) is 32.1 Å². The van der Waals surface area contributed by atoms with Crippen LogP contribution in [0.4, 0.5) is 0 Å². The summed E-state index contributed by atoms with van der Waals surface area (Å²) in [5, 5.41) is 4.24. The number of nitrogens with zero attached hydrogens (tertiary/aromatic N) is 3. The molecule has 0 N–H and O–H groups in total. The molecule has 1 amide bonds. The Kier molecular flexibility index (Phi) is 3.40. The molecular weight excluding hydrogens is 238 g/mol. The van der Waals surface area contributed by atoms with Crippen molar-refractivity contribution in [1.29, 1.82) is 0 Å². The van der Waals surface area contributed by atoms with Crippen molar-refractivity contribution < 1.29 is 4.79 Å². The third-order valence-corrected chi connectivity index (χ3v) is 4.26. The molecule has 1 fully saturated rings. The minimum Gasteiger partial charge on any atom is -0.335 e. The van der Waals surface area contributed by atoms with Gasteiger partial charge in [0.2, 0.25) is 5.91 Å². The van der Waals surface area contributed by atoms with Gasteiger partial charge in [0.05, 0.1) is 12.2 Å². The highest BCUT2D eigenvalue weighted by Gasteiger charge is 2.34. The molecule has 19 heavy (non-hydrogen) atoms. The van der Waals surface area contributed by atoms with E-state index in [0.717, 1.165) is 38.6 Å². The zero-order chi connectivity index (χ0) is 13.2. The molecule has 4 heteroatoms. The molecule has 4 nitrogen and oxygen atoms in total. The van der Waals surface area contributed by atoms with E-state index in [4.69, 9.17) is 0 Å². The van der Waals surface area contributed by atoms with Crippen LogP contribution in [-0.2, 0) is 11.8 Å². The third kappa shape index (κ3) is 2.44. The van der Waals surface area contributed by atoms with E-state index in [1.54, 1.807) is 0 Å². The normalized spacial score (nSPS) is 26.9. The van der Waals surface area contributed by atoms with Gasteiger partial charge in [0, 0.05) is 31.3 Å². The van der Waals surface area contributed by atoms with E-state index < -0.39 is 0 Å². The standard InChI is InChI=1S/C15H21N3O/c1-17-11-13(10-16-17)14-8-5-9-18(14)15(19)12-6-3-2-4-7-12/h2-3,10-12,14H,4-9H2,1H3/t12-,14+/m0/s1. The first-order valence-electron chi connectivity index (χ1n) is 7.20. The summed E-state index contributed by atoms with van der Waals surface area (Å²) >= 11 is 0. The molecule has 2 aliphatic rings. The van der Waals surface area contributed by atoms with Gasteiger partial charge in [-0.2, -0.15) is 5.10 Å². The number of carbonyl (C=O) groups is 1. The van der Waals surface area contributed by atoms with Gasteiger partial charge in [-0.1, -0.05) is 12.2 Å². The average Bonchev–Trinajstić information content (AvgIpc) is 3.07. The van der Waals surface area contributed by atoms with Gasteiger partial charge in [-0.15, -0.1) is 0 Å². The van der Waals surface area contributed by atoms with Crippen LogP contribution < -0.4 is 0 Å². The molecule has 0 bridgehead atoms. The fourth-order valence-corrected chi connectivity index (χ4v) is 3.24. The van der Waals surface area contributed by atoms with Gasteiger partial charge >= 0.3 is 0 Å². The maximum absolute atomic E-state index is 12.7. The van der Waals surface area contributed by atoms with Gasteiger partial charge < -0.3 is 4.90 Å². The molecule has 2 heterocycles. The lowest BCUT2D eigenvalue weighted by atomic mass is 9.92. The molecule has 102 valence electrons. The maximum Gasteiger partial charge on any atom is 0.226 e. The fourth-order valence-electron chi connectivity index (χ4n) is 3.24. The van der Waals surface area contributed by atoms with Crippen LogP contribution in [0.25, 0.3) is 0 Å². The number of carbonyl (C=O) groups excluding carboxylic acids is 1. The minimum atomic E-state index is 0.197. The highest BCUT2D eigenvalue weighted by atomic mass is 16.2. The van der Waals surface area contributed by atoms with Crippen LogP contribution in [0.3, 0.4) is 0 Å². The lowest BCUT2D eigenvalue weighted by molar-refractivity contribution is -0.136. The first kappa shape index (κ1) is 12.5. The molecule has 0 saturated carbocycles. The van der Waals surface area contributed by atoms with Crippen molar-refractivity contribution in [2.45, 2.75) is 38.1 Å². The Balaban J connectivity index is 1.75. The summed E-state index contributed by atoms with van der Waals surface area (Å²) in [5.74, 6) is 0.540. The second-order valence-corrected chi connectivity index (χ2v) is 5.62. The van der Waals surface area contributed by atoms with Crippen molar-refractivity contribution in [2.75, 3.05) is 6.54 Å². The molecule has 1 aromatic rings. The monoisotopic (exact) mass is 259 g/mol. The van der Waals surface area contributed by atoms with Crippen LogP contribution in [-0.4, -0.2) is 27.1 Å². The number of aryl methyl sites for hydroxylation is 1. The highest BCUT2D eigenvalue weighted by Crippen LogP contribution is 2.34. The second kappa shape index (κ2) is 5.19. The smallest absolute Gasteiger partial charge is 0.226 e. The van der Waals surface area contributed by atoms with Crippen molar-refractivity contribution in [1.82, 2.24) is 14.7 Å². The Morgan fingerprint density at radius 1 is 1.37 bits per heavy atom. The number of hydrogen-bond donors (Lipinski definition) is 0. The zero-order valence-electron chi connectivity index (χ0n) is 11.5. The molecule has 1 aromatic heterocycles. The van der Waals surface area contributed by atoms with Crippen LogP contribution in [0.1, 0.15) is 43.7 Å². The first-order valence-corrected chi connectivity index (χ1v) is 7.20. The van der Waals surface area contributed by atoms with Crippen LogP contribution in [0, 0.1) is 5.92 Å². The predicted molar refractivity (Wildman–Crippen MR) is 73.4 cm³/mol. The average molecular weight is 259 g/mol. The highest BCUT2D eigenvalue weighted by molar-refractivity contribution is 5.80. The predicted octanol–water partition coefficient (Wildman–Crippen LogP) is 2.44. The van der Waals surface area contributed by atoms with Gasteiger partial charge in [0.1, 0.15) is 0 Å². The van der Waals surface area contributed by atoms with Crippen LogP contribution in [0.15, 0.2) is 24.5 Å². The number of rotatable bonds is 2. The van der Waals surface area contributed by atoms with Crippen molar-refractivity contribution in [2.24, 2.45) is 13.0 Å². The van der Waals surface area contributed by atoms with Crippen LogP contribution in [0.5, 0.6) is 0 Å². The zero-order valence-corrected chi connectivity index (χ0v) is 11.5. The van der Waals surface area contributed by atoms with E-state index >= 15 is 0 Å². The van der Waals surface area contributed by atoms with Crippen molar-refractivity contribution >= 4 is 5.91 Å². The topological polar surface area (TPSA) is 38.1 Å². The van der Waals surface area contributed by atoms with Gasteiger partial charge in [-0.3, -0.25) is 9.48 Å². The number of likely N-dealkylation sites (tertiary alicyclic amines) is 1. The van der Waals surface area contributed by atoms with Gasteiger partial charge in [0.15, 0.2) is 0 Å². The first-order chi connectivity index (χ1) is 9.25. The molecule has 0 spiro atoms. The minimum absolute atomic E-state index is 0.197. The summed E-state index contributed by atoms with van der Waals surface area (Å²) in [6.07, 6.45) is 13.4. The number of amides is 1. The third-order valence-electron chi connectivity index (χ3n) is 4.26. The summed E-state index contributed by atoms with van der Waals surface area (Å²) in [4.78, 5) is 14.7. The Hall–Kier alpha value is -1.58. The molecule has 1 aliphatic heterocycles. The van der Waals surface area contributed by atoms with E-state index in [-0.39, 0.29) is 12.0 Å². The summed E-state index contributed by atoms with van der Waals surface area (Å²) in [5.41, 5.74) is 1.18. The van der Waals surface area contributed by atoms with E-state index in [2.05, 4.69) is 22.2 Å². The van der Waals surface area contributed by atoms with Gasteiger partial charge in [0.25, 0.3) is 0 Å². The molecule has 2 atom stereocenters. The van der Waals surface area contributed by atoms with Crippen molar-refractivity contribution in [3.8, 4) is 0 Å². The fraction of sp³-hybridized carbons (Fsp3) is 0.600. The summed E-state index contributed by atoms with van der Waals surface area (Å²) in [7, 11) is 1.93. The molecule has 0 radical (unpaired) electrons. The lowest BCUT2D eigenvalue weighted by Gasteiger charge is -2.29. The number of allylic oxidation sites excluding steroid dienone is 2. The van der Waals surface area contributed by atoms with E-state index in [0.29, 0.717) is 5.91 Å². The van der Waals surface area contributed by atoms with Crippen LogP contribution in [0.2, 0.25) is 0 Å². The molecule has 0 unspecified atom stereocenters. The Bertz CT molecular complexity index is 491. The number of hydrogen-bond acceptors (Lipinski definition) is 2. The molecule has 0 aromatic carbocycles. The SMILES string of the molecule is Cn1cc([C@H]2CCCN2C(=O)[C@H]2CC=CCC2)cn1. The molecular formula is C15H21N3O. The molecule has 1 saturated heterocycles. The quantitative estimate of drug-likeness (QED) is 0.765. The Morgan fingerprint density at radius 2 is 2.26 bits per heavy atom. The van der Waals surface area contributed by atoms with Crippen LogP contribution >= 0.6 is 0 Å². The van der Waals surface area contributed by atoms with Crippen molar-refractivity contribution in [3.05, 3.63) is 30.1 Å². The molecule has 1 aliphatic carbocycles. The largest absolute Gasteiger partial charge is 0.335 e. The van der Waals surface area contributed by atoms with E-state index in [9.17, 15) is 4.79 Å². The van der Waals surface area contributed by atoms with Crippen molar-refractivity contribution in [3.63, 3.8) is 0 Å². The summed E-state index contributed by atoms with van der Waals surface area (Å²) < 4.78 is 1.82. The number of aromatic nitrogens is 2. The van der Waals surface area contributed by atoms with E-state index in [1.165, 1.54) is 5.56 Å². The second-order valence-electron chi connectivity index (χ2n) is 5.62. The Labute approximate surface area is 114 Å². The summed E-state index contributed by atoms with van der Waals surface area (Å²) in [6, 6.07) is 0.243. The van der Waals surface area contributed by atoms with E-state index in [1.807, 2.05) is 24.1 Å². The lowest BCUT2D eigenvalue weighted by Crippen LogP contribution is -2.36. The molecule has 3 rings (SSSR count). The van der Waals surface area contributed by atoms with Gasteiger partial charge in [-0.25, -0.2) is 0 Å². The Morgan fingerprint density at radius 3 is 2.95 bits per heavy atom.